The number of aliphatic carboxylic acids is 1. The highest BCUT2D eigenvalue weighted by Gasteiger charge is 2.36. The fourth-order valence-corrected chi connectivity index (χ4v) is 3.08. The van der Waals surface area contributed by atoms with Crippen LogP contribution in [-0.2, 0) is 19.9 Å². The number of benzene rings is 2. The Hall–Kier alpha value is -3.06. The number of hydrogen-bond donors (Lipinski definition) is 1. The van der Waals surface area contributed by atoms with Crippen molar-refractivity contribution in [2.24, 2.45) is 0 Å². The van der Waals surface area contributed by atoms with Gasteiger partial charge in [0.05, 0.1) is 12.2 Å². The minimum atomic E-state index is -1.41. The third kappa shape index (κ3) is 3.94. The molecule has 1 atom stereocenters. The van der Waals surface area contributed by atoms with E-state index < -0.39 is 11.6 Å². The van der Waals surface area contributed by atoms with Gasteiger partial charge in [0.15, 0.2) is 12.2 Å². The number of carboxylic acids is 1. The lowest BCUT2D eigenvalue weighted by Gasteiger charge is -2.29. The SMILES string of the molecule is CCOC(C)(C(=O)O)c1ccc(OCCN2C(=O)COc3ccccc32)cc1. The molecule has 0 spiro atoms. The quantitative estimate of drug-likeness (QED) is 0.752. The molecule has 1 N–H and O–H groups in total. The number of carbonyl (C=O) groups excluding carboxylic acids is 1. The van der Waals surface area contributed by atoms with Crippen molar-refractivity contribution >= 4 is 17.6 Å². The maximum absolute atomic E-state index is 12.2. The summed E-state index contributed by atoms with van der Waals surface area (Å²) in [4.78, 5) is 25.4. The van der Waals surface area contributed by atoms with Crippen molar-refractivity contribution in [2.45, 2.75) is 19.4 Å². The number of ether oxygens (including phenoxy) is 3. The Labute approximate surface area is 163 Å². The molecule has 0 saturated heterocycles. The molecule has 0 aromatic heterocycles. The number of carboxylic acid groups (broad SMARTS) is 1. The standard InChI is InChI=1S/C21H23NO6/c1-3-28-21(2,20(24)25)15-8-10-16(11-9-15)26-13-12-22-17-6-4-5-7-18(17)27-14-19(22)23/h4-11H,3,12-14H2,1-2H3,(H,24,25). The first-order valence-electron chi connectivity index (χ1n) is 9.08. The van der Waals surface area contributed by atoms with Gasteiger partial charge in [-0.2, -0.15) is 0 Å². The molecule has 0 aliphatic carbocycles. The van der Waals surface area contributed by atoms with Crippen molar-refractivity contribution in [1.82, 2.24) is 0 Å². The molecule has 148 valence electrons. The minimum Gasteiger partial charge on any atom is -0.492 e. The smallest absolute Gasteiger partial charge is 0.340 e. The average molecular weight is 385 g/mol. The number of anilines is 1. The number of amides is 1. The summed E-state index contributed by atoms with van der Waals surface area (Å²) in [6.07, 6.45) is 0. The van der Waals surface area contributed by atoms with Crippen LogP contribution in [0.1, 0.15) is 19.4 Å². The van der Waals surface area contributed by atoms with E-state index in [9.17, 15) is 14.7 Å². The van der Waals surface area contributed by atoms with Crippen LogP contribution in [-0.4, -0.2) is 43.3 Å². The van der Waals surface area contributed by atoms with Gasteiger partial charge in [-0.05, 0) is 43.7 Å². The fraction of sp³-hybridized carbons (Fsp3) is 0.333. The van der Waals surface area contributed by atoms with Crippen LogP contribution < -0.4 is 14.4 Å². The van der Waals surface area contributed by atoms with E-state index in [1.165, 1.54) is 6.92 Å². The van der Waals surface area contributed by atoms with E-state index in [2.05, 4.69) is 0 Å². The number of nitrogens with zero attached hydrogens (tertiary/aromatic N) is 1. The number of rotatable bonds is 8. The second kappa shape index (κ2) is 8.31. The van der Waals surface area contributed by atoms with Crippen molar-refractivity contribution in [3.8, 4) is 11.5 Å². The first-order chi connectivity index (χ1) is 13.5. The number of carbonyl (C=O) groups is 2. The highest BCUT2D eigenvalue weighted by molar-refractivity contribution is 5.97. The van der Waals surface area contributed by atoms with Gasteiger partial charge in [-0.3, -0.25) is 4.79 Å². The lowest BCUT2D eigenvalue weighted by molar-refractivity contribution is -0.164. The number of fused-ring (bicyclic) bond motifs is 1. The molecule has 0 fully saturated rings. The van der Waals surface area contributed by atoms with E-state index in [1.807, 2.05) is 24.3 Å². The molecule has 0 saturated carbocycles. The predicted molar refractivity (Wildman–Crippen MR) is 103 cm³/mol. The van der Waals surface area contributed by atoms with Crippen LogP contribution >= 0.6 is 0 Å². The summed E-state index contributed by atoms with van der Waals surface area (Å²) in [7, 11) is 0. The van der Waals surface area contributed by atoms with Gasteiger partial charge >= 0.3 is 5.97 Å². The zero-order valence-corrected chi connectivity index (χ0v) is 15.9. The average Bonchev–Trinajstić information content (AvgIpc) is 2.70. The van der Waals surface area contributed by atoms with Gasteiger partial charge in [0.25, 0.3) is 5.91 Å². The molecular formula is C21H23NO6. The molecule has 28 heavy (non-hydrogen) atoms. The van der Waals surface area contributed by atoms with Crippen LogP contribution in [0.25, 0.3) is 0 Å². The highest BCUT2D eigenvalue weighted by Crippen LogP contribution is 2.31. The largest absolute Gasteiger partial charge is 0.492 e. The summed E-state index contributed by atoms with van der Waals surface area (Å²) in [6.45, 7) is 4.25. The maximum atomic E-state index is 12.2. The second-order valence-corrected chi connectivity index (χ2v) is 6.45. The summed E-state index contributed by atoms with van der Waals surface area (Å²) in [6, 6.07) is 14.1. The van der Waals surface area contributed by atoms with Gasteiger partial charge in [-0.15, -0.1) is 0 Å². The van der Waals surface area contributed by atoms with E-state index in [-0.39, 0.29) is 19.1 Å². The molecule has 2 aromatic rings. The molecule has 7 heteroatoms. The molecule has 0 bridgehead atoms. The Bertz CT molecular complexity index is 850. The molecule has 1 unspecified atom stereocenters. The van der Waals surface area contributed by atoms with Gasteiger partial charge in [-0.25, -0.2) is 4.79 Å². The van der Waals surface area contributed by atoms with Crippen LogP contribution in [0, 0.1) is 0 Å². The first-order valence-corrected chi connectivity index (χ1v) is 9.08. The number of hydrogen-bond acceptors (Lipinski definition) is 5. The molecule has 2 aromatic carbocycles. The van der Waals surface area contributed by atoms with Crippen molar-refractivity contribution < 1.29 is 28.9 Å². The maximum Gasteiger partial charge on any atom is 0.340 e. The summed E-state index contributed by atoms with van der Waals surface area (Å²) in [5.41, 5.74) is -0.143. The Morgan fingerprint density at radius 1 is 1.21 bits per heavy atom. The van der Waals surface area contributed by atoms with E-state index in [4.69, 9.17) is 14.2 Å². The van der Waals surface area contributed by atoms with E-state index >= 15 is 0 Å². The molecule has 1 heterocycles. The van der Waals surface area contributed by atoms with Crippen LogP contribution in [0.15, 0.2) is 48.5 Å². The summed E-state index contributed by atoms with van der Waals surface area (Å²) < 4.78 is 16.6. The Kier molecular flexibility index (Phi) is 5.84. The predicted octanol–water partition coefficient (Wildman–Crippen LogP) is 2.83. The zero-order chi connectivity index (χ0) is 20.1. The molecule has 1 aliphatic rings. The van der Waals surface area contributed by atoms with Crippen LogP contribution in [0.5, 0.6) is 11.5 Å². The third-order valence-corrected chi connectivity index (χ3v) is 4.64. The highest BCUT2D eigenvalue weighted by atomic mass is 16.5. The Morgan fingerprint density at radius 3 is 2.61 bits per heavy atom. The van der Waals surface area contributed by atoms with Crippen molar-refractivity contribution in [1.29, 1.82) is 0 Å². The fourth-order valence-electron chi connectivity index (χ4n) is 3.08. The topological polar surface area (TPSA) is 85.3 Å². The summed E-state index contributed by atoms with van der Waals surface area (Å²) >= 11 is 0. The van der Waals surface area contributed by atoms with E-state index in [0.717, 1.165) is 5.69 Å². The van der Waals surface area contributed by atoms with Gasteiger partial charge in [0, 0.05) is 6.61 Å². The first kappa shape index (κ1) is 19.7. The minimum absolute atomic E-state index is 0.0108. The molecule has 1 amide bonds. The molecular weight excluding hydrogens is 362 g/mol. The van der Waals surface area contributed by atoms with Crippen LogP contribution in [0.3, 0.4) is 0 Å². The monoisotopic (exact) mass is 385 g/mol. The molecule has 3 rings (SSSR count). The number of para-hydroxylation sites is 2. The lowest BCUT2D eigenvalue weighted by atomic mass is 9.96. The summed E-state index contributed by atoms with van der Waals surface area (Å²) in [5, 5.41) is 9.47. The zero-order valence-electron chi connectivity index (χ0n) is 15.9. The van der Waals surface area contributed by atoms with E-state index in [0.29, 0.717) is 30.2 Å². The normalized spacial score (nSPS) is 15.4. The van der Waals surface area contributed by atoms with E-state index in [1.54, 1.807) is 36.1 Å². The van der Waals surface area contributed by atoms with Gasteiger partial charge in [-0.1, -0.05) is 24.3 Å². The van der Waals surface area contributed by atoms with Gasteiger partial charge < -0.3 is 24.2 Å². The van der Waals surface area contributed by atoms with Crippen LogP contribution in [0.2, 0.25) is 0 Å². The molecule has 1 aliphatic heterocycles. The van der Waals surface area contributed by atoms with Crippen LogP contribution in [0.4, 0.5) is 5.69 Å². The van der Waals surface area contributed by atoms with Crippen molar-refractivity contribution in [3.63, 3.8) is 0 Å². The van der Waals surface area contributed by atoms with Crippen molar-refractivity contribution in [2.75, 3.05) is 31.3 Å². The molecule has 7 nitrogen and oxygen atoms in total. The van der Waals surface area contributed by atoms with Gasteiger partial charge in [0.2, 0.25) is 0 Å². The molecule has 0 radical (unpaired) electrons. The Balaban J connectivity index is 1.63. The van der Waals surface area contributed by atoms with Gasteiger partial charge in [0.1, 0.15) is 18.1 Å². The summed E-state index contributed by atoms with van der Waals surface area (Å²) in [5.74, 6) is 0.0939. The third-order valence-electron chi connectivity index (χ3n) is 4.64. The Morgan fingerprint density at radius 2 is 1.93 bits per heavy atom. The van der Waals surface area contributed by atoms with Crippen molar-refractivity contribution in [3.05, 3.63) is 54.1 Å². The lowest BCUT2D eigenvalue weighted by Crippen LogP contribution is -2.41. The second-order valence-electron chi connectivity index (χ2n) is 6.45.